The molecule has 2 fully saturated rings. The third kappa shape index (κ3) is 9.12. The molecule has 0 saturated carbocycles. The van der Waals surface area contributed by atoms with Crippen molar-refractivity contribution in [3.05, 3.63) is 125 Å². The molecule has 2 saturated heterocycles. The minimum atomic E-state index is -0.316. The highest BCUT2D eigenvalue weighted by atomic mass is 19.1. The van der Waals surface area contributed by atoms with Crippen LogP contribution in [0.4, 0.5) is 21.6 Å². The van der Waals surface area contributed by atoms with Gasteiger partial charge in [0.05, 0.1) is 17.1 Å². The second-order valence-electron chi connectivity index (χ2n) is 16.6. The lowest BCUT2D eigenvalue weighted by Crippen LogP contribution is -2.49. The van der Waals surface area contributed by atoms with E-state index in [9.17, 15) is 9.59 Å². The van der Waals surface area contributed by atoms with Gasteiger partial charge in [-0.15, -0.1) is 0 Å². The molecule has 4 N–H and O–H groups in total. The number of aromatic nitrogens is 4. The number of anilines is 3. The van der Waals surface area contributed by atoms with Gasteiger partial charge in [0.15, 0.2) is 5.65 Å². The first-order valence-corrected chi connectivity index (χ1v) is 21.8. The van der Waals surface area contributed by atoms with Crippen molar-refractivity contribution >= 4 is 40.2 Å². The van der Waals surface area contributed by atoms with E-state index in [0.29, 0.717) is 74.4 Å². The average Bonchev–Trinajstić information content (AvgIpc) is 3.84. The highest BCUT2D eigenvalue weighted by molar-refractivity contribution is 6.00. The third-order valence-electron chi connectivity index (χ3n) is 12.5. The molecule has 13 nitrogen and oxygen atoms in total. The molecule has 0 unspecified atom stereocenters. The second-order valence-corrected chi connectivity index (χ2v) is 16.6. The molecule has 3 aliphatic heterocycles. The lowest BCUT2D eigenvalue weighted by atomic mass is 10.1. The van der Waals surface area contributed by atoms with Gasteiger partial charge in [-0.1, -0.05) is 36.8 Å². The molecule has 3 aromatic carbocycles. The Hall–Kier alpha value is -6.38. The zero-order valence-corrected chi connectivity index (χ0v) is 35.3. The molecule has 9 rings (SSSR count). The summed E-state index contributed by atoms with van der Waals surface area (Å²) in [5.74, 6) is 1.00. The van der Waals surface area contributed by atoms with E-state index in [0.717, 1.165) is 92.1 Å². The lowest BCUT2D eigenvalue weighted by molar-refractivity contribution is -0.131. The zero-order chi connectivity index (χ0) is 42.6. The molecule has 0 atom stereocenters. The monoisotopic (exact) mass is 835 g/mol. The Morgan fingerprint density at radius 3 is 2.42 bits per heavy atom. The van der Waals surface area contributed by atoms with Crippen LogP contribution in [-0.2, 0) is 24.4 Å². The number of hydrogen-bond acceptors (Lipinski definition) is 10. The van der Waals surface area contributed by atoms with Crippen molar-refractivity contribution in [1.82, 2.24) is 39.5 Å². The number of aryl methyl sites for hydroxylation is 1. The average molecular weight is 836 g/mol. The summed E-state index contributed by atoms with van der Waals surface area (Å²) in [5.41, 5.74) is 15.4. The standard InChI is InChI=1S/C48H54FN11O2/c1-33-54-43-15-14-41(36-17-18-51-45(50)28-36)55-47(43)60(33)37-13-16-44(40(49)29-37)58-24-26-59(27-25-58)46(61)8-3-2-4-19-56-20-22-57(23-21-56)32-35-11-9-34(10-12-35)30-52-42-7-5-6-38-39(42)31-53-48(38)62/h5-7,9-18,28-29,52H,2-4,8,19-27,30-32H2,1H3,(H2,50,51)(H,53,62). The fraction of sp³-hybridized carbons (Fsp3) is 0.354. The molecule has 6 aromatic rings. The number of pyridine rings is 2. The molecule has 0 bridgehead atoms. The SMILES string of the molecule is Cc1nc2ccc(-c3ccnc(N)c3)nc2n1-c1ccc(N2CCN(C(=O)CCCCCN3CCN(Cc4ccc(CNc5cccc6c5CNC6=O)cc4)CC3)CC2)c(F)c1. The quantitative estimate of drug-likeness (QED) is 0.106. The topological polar surface area (TPSA) is 141 Å². The Morgan fingerprint density at radius 2 is 1.63 bits per heavy atom. The van der Waals surface area contributed by atoms with Crippen molar-refractivity contribution in [1.29, 1.82) is 0 Å². The van der Waals surface area contributed by atoms with Crippen molar-refractivity contribution in [3.63, 3.8) is 0 Å². The van der Waals surface area contributed by atoms with E-state index in [-0.39, 0.29) is 17.6 Å². The number of nitrogens with two attached hydrogens (primary N) is 1. The Labute approximate surface area is 361 Å². The number of nitrogens with one attached hydrogen (secondary N) is 2. The number of halogens is 1. The van der Waals surface area contributed by atoms with Crippen LogP contribution in [0.1, 0.15) is 58.6 Å². The summed E-state index contributed by atoms with van der Waals surface area (Å²) < 4.78 is 17.7. The van der Waals surface area contributed by atoms with Crippen molar-refractivity contribution in [2.75, 3.05) is 74.9 Å². The number of piperazine rings is 2. The Balaban J connectivity index is 0.671. The second kappa shape index (κ2) is 18.3. The smallest absolute Gasteiger partial charge is 0.251 e. The molecule has 320 valence electrons. The normalized spacial score (nSPS) is 15.9. The lowest BCUT2D eigenvalue weighted by Gasteiger charge is -2.36. The first-order valence-electron chi connectivity index (χ1n) is 21.8. The van der Waals surface area contributed by atoms with Crippen LogP contribution in [-0.4, -0.2) is 105 Å². The number of rotatable bonds is 14. The molecule has 2 amide bonds. The van der Waals surface area contributed by atoms with E-state index in [1.807, 2.05) is 69.8 Å². The van der Waals surface area contributed by atoms with Gasteiger partial charge in [-0.05, 0) is 86.0 Å². The fourth-order valence-corrected chi connectivity index (χ4v) is 8.99. The fourth-order valence-electron chi connectivity index (χ4n) is 8.99. The molecule has 62 heavy (non-hydrogen) atoms. The number of fused-ring (bicyclic) bond motifs is 2. The number of carbonyl (C=O) groups is 2. The van der Waals surface area contributed by atoms with Crippen LogP contribution in [0.5, 0.6) is 0 Å². The summed E-state index contributed by atoms with van der Waals surface area (Å²) in [6.45, 7) is 11.8. The minimum Gasteiger partial charge on any atom is -0.384 e. The predicted octanol–water partition coefficient (Wildman–Crippen LogP) is 6.39. The van der Waals surface area contributed by atoms with Gasteiger partial charge in [0, 0.05) is 113 Å². The van der Waals surface area contributed by atoms with Gasteiger partial charge < -0.3 is 31.1 Å². The first kappa shape index (κ1) is 41.0. The van der Waals surface area contributed by atoms with E-state index in [4.69, 9.17) is 10.7 Å². The predicted molar refractivity (Wildman–Crippen MR) is 242 cm³/mol. The number of unbranched alkanes of at least 4 members (excludes halogenated alkanes) is 2. The molecule has 0 aliphatic carbocycles. The van der Waals surface area contributed by atoms with Gasteiger partial charge in [0.1, 0.15) is 23.0 Å². The molecule has 3 aliphatic rings. The maximum atomic E-state index is 15.8. The van der Waals surface area contributed by atoms with Crippen LogP contribution in [0.25, 0.3) is 28.1 Å². The number of imidazole rings is 1. The van der Waals surface area contributed by atoms with Crippen LogP contribution in [0.3, 0.4) is 0 Å². The number of amides is 2. The number of nitrogens with zero attached hydrogens (tertiary/aromatic N) is 8. The summed E-state index contributed by atoms with van der Waals surface area (Å²) in [5, 5.41) is 6.41. The van der Waals surface area contributed by atoms with Gasteiger partial charge >= 0.3 is 0 Å². The first-order chi connectivity index (χ1) is 30.3. The third-order valence-corrected chi connectivity index (χ3v) is 12.5. The van der Waals surface area contributed by atoms with Gasteiger partial charge in [0.2, 0.25) is 5.91 Å². The Kier molecular flexibility index (Phi) is 12.1. The molecular weight excluding hydrogens is 782 g/mol. The van der Waals surface area contributed by atoms with Crippen molar-refractivity contribution < 1.29 is 14.0 Å². The summed E-state index contributed by atoms with van der Waals surface area (Å²) in [7, 11) is 0. The van der Waals surface area contributed by atoms with Crippen LogP contribution in [0, 0.1) is 12.7 Å². The van der Waals surface area contributed by atoms with Gasteiger partial charge in [-0.25, -0.2) is 19.3 Å². The molecule has 0 spiro atoms. The molecular formula is C48H54FN11O2. The summed E-state index contributed by atoms with van der Waals surface area (Å²) in [6, 6.07) is 27.4. The summed E-state index contributed by atoms with van der Waals surface area (Å²) in [4.78, 5) is 47.8. The Bertz CT molecular complexity index is 2560. The Morgan fingerprint density at radius 1 is 0.839 bits per heavy atom. The molecule has 14 heteroatoms. The van der Waals surface area contributed by atoms with Crippen LogP contribution in [0.15, 0.2) is 91.1 Å². The van der Waals surface area contributed by atoms with Crippen LogP contribution in [0.2, 0.25) is 0 Å². The number of nitrogen functional groups attached to an aromatic ring is 1. The molecule has 3 aromatic heterocycles. The van der Waals surface area contributed by atoms with Crippen molar-refractivity contribution in [2.45, 2.75) is 52.2 Å². The molecule has 0 radical (unpaired) electrons. The maximum Gasteiger partial charge on any atom is 0.251 e. The van der Waals surface area contributed by atoms with E-state index >= 15 is 4.39 Å². The highest BCUT2D eigenvalue weighted by Gasteiger charge is 2.25. The van der Waals surface area contributed by atoms with Gasteiger partial charge in [0.25, 0.3) is 5.91 Å². The number of hydrogen-bond donors (Lipinski definition) is 3. The number of benzene rings is 3. The van der Waals surface area contributed by atoms with Crippen molar-refractivity contribution in [2.24, 2.45) is 0 Å². The summed E-state index contributed by atoms with van der Waals surface area (Å²) in [6.07, 6.45) is 5.23. The van der Waals surface area contributed by atoms with E-state index in [1.54, 1.807) is 18.3 Å². The van der Waals surface area contributed by atoms with Crippen molar-refractivity contribution in [3.8, 4) is 16.9 Å². The molecule has 6 heterocycles. The highest BCUT2D eigenvalue weighted by Crippen LogP contribution is 2.29. The zero-order valence-electron chi connectivity index (χ0n) is 35.3. The minimum absolute atomic E-state index is 0.00105. The van der Waals surface area contributed by atoms with Crippen LogP contribution < -0.4 is 21.3 Å². The largest absolute Gasteiger partial charge is 0.384 e. The van der Waals surface area contributed by atoms with Gasteiger partial charge in [-0.2, -0.15) is 0 Å². The maximum absolute atomic E-state index is 15.8. The van der Waals surface area contributed by atoms with E-state index < -0.39 is 0 Å². The van der Waals surface area contributed by atoms with Gasteiger partial charge in [-0.3, -0.25) is 19.1 Å². The van der Waals surface area contributed by atoms with E-state index in [2.05, 4.69) is 54.7 Å². The van der Waals surface area contributed by atoms with E-state index in [1.165, 1.54) is 11.1 Å². The van der Waals surface area contributed by atoms with Crippen LogP contribution >= 0.6 is 0 Å². The number of carbonyl (C=O) groups excluding carboxylic acids is 2. The summed E-state index contributed by atoms with van der Waals surface area (Å²) >= 11 is 0.